The minimum Gasteiger partial charge on any atom is -0.481 e. The van der Waals surface area contributed by atoms with Gasteiger partial charge in [0.25, 0.3) is 0 Å². The average molecular weight is 327 g/mol. The highest BCUT2D eigenvalue weighted by Gasteiger charge is 2.26. The van der Waals surface area contributed by atoms with Crippen molar-refractivity contribution in [1.82, 2.24) is 15.2 Å². The first-order valence-corrected chi connectivity index (χ1v) is 8.24. The number of hydrogen-bond donors (Lipinski definition) is 2. The van der Waals surface area contributed by atoms with E-state index in [-0.39, 0.29) is 11.9 Å². The molecule has 1 aliphatic rings. The Morgan fingerprint density at radius 1 is 1.17 bits per heavy atom. The van der Waals surface area contributed by atoms with Gasteiger partial charge in [-0.2, -0.15) is 0 Å². The molecule has 2 aromatic rings. The zero-order chi connectivity index (χ0) is 16.9. The van der Waals surface area contributed by atoms with E-state index in [0.717, 1.165) is 16.6 Å². The summed E-state index contributed by atoms with van der Waals surface area (Å²) in [5.74, 6) is -1.09. The first kappa shape index (κ1) is 16.2. The van der Waals surface area contributed by atoms with Gasteiger partial charge in [-0.05, 0) is 25.0 Å². The van der Waals surface area contributed by atoms with E-state index in [1.54, 1.807) is 4.90 Å². The molecule has 0 saturated carbocycles. The Kier molecular flexibility index (Phi) is 4.93. The maximum absolute atomic E-state index is 12.1. The Morgan fingerprint density at radius 2 is 1.92 bits per heavy atom. The van der Waals surface area contributed by atoms with Gasteiger partial charge in [0.05, 0.1) is 11.4 Å². The summed E-state index contributed by atoms with van der Waals surface area (Å²) in [6.45, 7) is 1.51. The van der Waals surface area contributed by atoms with Crippen LogP contribution < -0.4 is 5.32 Å². The van der Waals surface area contributed by atoms with Crippen LogP contribution in [0.25, 0.3) is 10.9 Å². The molecular weight excluding hydrogens is 306 g/mol. The Balaban J connectivity index is 1.47. The van der Waals surface area contributed by atoms with Crippen molar-refractivity contribution in [3.05, 3.63) is 42.1 Å². The van der Waals surface area contributed by atoms with Crippen LogP contribution in [-0.2, 0) is 11.2 Å². The van der Waals surface area contributed by atoms with Gasteiger partial charge in [0.2, 0.25) is 0 Å². The Labute approximate surface area is 140 Å². The summed E-state index contributed by atoms with van der Waals surface area (Å²) in [7, 11) is 0. The SMILES string of the molecule is O=C(O)C1CCN(C(=O)NCCc2ccc3ccccc3n2)CC1. The van der Waals surface area contributed by atoms with Crippen molar-refractivity contribution < 1.29 is 14.7 Å². The first-order chi connectivity index (χ1) is 11.6. The smallest absolute Gasteiger partial charge is 0.317 e. The van der Waals surface area contributed by atoms with Crippen LogP contribution in [0.2, 0.25) is 0 Å². The van der Waals surface area contributed by atoms with Crippen molar-refractivity contribution in [3.63, 3.8) is 0 Å². The molecule has 1 fully saturated rings. The van der Waals surface area contributed by atoms with Crippen LogP contribution >= 0.6 is 0 Å². The molecule has 2 N–H and O–H groups in total. The number of nitrogens with one attached hydrogen (secondary N) is 1. The number of carbonyl (C=O) groups is 2. The molecule has 1 saturated heterocycles. The molecule has 1 aromatic heterocycles. The zero-order valence-corrected chi connectivity index (χ0v) is 13.4. The molecule has 0 bridgehead atoms. The van der Waals surface area contributed by atoms with Crippen molar-refractivity contribution in [1.29, 1.82) is 0 Å². The summed E-state index contributed by atoms with van der Waals surface area (Å²) in [6, 6.07) is 11.8. The third kappa shape index (κ3) is 3.82. The van der Waals surface area contributed by atoms with Crippen LogP contribution in [0.3, 0.4) is 0 Å². The molecule has 0 spiro atoms. The average Bonchev–Trinajstić information content (AvgIpc) is 2.61. The van der Waals surface area contributed by atoms with Gasteiger partial charge in [0.15, 0.2) is 0 Å². The lowest BCUT2D eigenvalue weighted by Gasteiger charge is -2.30. The summed E-state index contributed by atoms with van der Waals surface area (Å²) in [4.78, 5) is 29.3. The predicted molar refractivity (Wildman–Crippen MR) is 90.8 cm³/mol. The summed E-state index contributed by atoms with van der Waals surface area (Å²) < 4.78 is 0. The minimum absolute atomic E-state index is 0.125. The number of aliphatic carboxylic acids is 1. The van der Waals surface area contributed by atoms with Crippen molar-refractivity contribution in [2.24, 2.45) is 5.92 Å². The Bertz CT molecular complexity index is 739. The van der Waals surface area contributed by atoms with Gasteiger partial charge < -0.3 is 15.3 Å². The number of carboxylic acid groups (broad SMARTS) is 1. The highest BCUT2D eigenvalue weighted by Crippen LogP contribution is 2.17. The maximum atomic E-state index is 12.1. The van der Waals surface area contributed by atoms with E-state index in [1.807, 2.05) is 36.4 Å². The maximum Gasteiger partial charge on any atom is 0.317 e. The van der Waals surface area contributed by atoms with Gasteiger partial charge in [-0.15, -0.1) is 0 Å². The van der Waals surface area contributed by atoms with Crippen molar-refractivity contribution >= 4 is 22.9 Å². The Morgan fingerprint density at radius 3 is 2.67 bits per heavy atom. The molecule has 126 valence electrons. The van der Waals surface area contributed by atoms with E-state index in [4.69, 9.17) is 5.11 Å². The fourth-order valence-electron chi connectivity index (χ4n) is 2.99. The molecule has 6 nitrogen and oxygen atoms in total. The summed E-state index contributed by atoms with van der Waals surface area (Å²) in [5.41, 5.74) is 1.90. The number of hydrogen-bond acceptors (Lipinski definition) is 3. The van der Waals surface area contributed by atoms with Crippen LogP contribution in [0, 0.1) is 5.92 Å². The number of pyridine rings is 1. The lowest BCUT2D eigenvalue weighted by atomic mass is 9.97. The van der Waals surface area contributed by atoms with Gasteiger partial charge in [-0.1, -0.05) is 24.3 Å². The van der Waals surface area contributed by atoms with E-state index < -0.39 is 5.97 Å². The predicted octanol–water partition coefficient (Wildman–Crippen LogP) is 2.28. The van der Waals surface area contributed by atoms with Crippen LogP contribution in [0.15, 0.2) is 36.4 Å². The van der Waals surface area contributed by atoms with Crippen LogP contribution in [0.1, 0.15) is 18.5 Å². The third-order valence-electron chi connectivity index (χ3n) is 4.44. The summed E-state index contributed by atoms with van der Waals surface area (Å²) in [6.07, 6.45) is 1.71. The topological polar surface area (TPSA) is 82.5 Å². The number of aromatic nitrogens is 1. The van der Waals surface area contributed by atoms with Gasteiger partial charge in [-0.3, -0.25) is 9.78 Å². The second-order valence-corrected chi connectivity index (χ2v) is 6.08. The number of urea groups is 1. The molecule has 2 amide bonds. The van der Waals surface area contributed by atoms with Gasteiger partial charge in [0.1, 0.15) is 0 Å². The molecule has 1 aliphatic heterocycles. The van der Waals surface area contributed by atoms with Crippen LogP contribution in [0.5, 0.6) is 0 Å². The zero-order valence-electron chi connectivity index (χ0n) is 13.4. The number of likely N-dealkylation sites (tertiary alicyclic amines) is 1. The highest BCUT2D eigenvalue weighted by atomic mass is 16.4. The molecule has 0 radical (unpaired) electrons. The number of rotatable bonds is 4. The standard InChI is InChI=1S/C18H21N3O3/c22-17(23)14-8-11-21(12-9-14)18(24)19-10-7-15-6-5-13-3-1-2-4-16(13)20-15/h1-6,14H,7-12H2,(H,19,24)(H,22,23). The van der Waals surface area contributed by atoms with Crippen molar-refractivity contribution in [3.8, 4) is 0 Å². The Hall–Kier alpha value is -2.63. The van der Waals surface area contributed by atoms with Gasteiger partial charge in [-0.25, -0.2) is 4.79 Å². The lowest BCUT2D eigenvalue weighted by Crippen LogP contribution is -2.45. The minimum atomic E-state index is -0.766. The summed E-state index contributed by atoms with van der Waals surface area (Å²) in [5, 5.41) is 13.0. The number of amides is 2. The number of fused-ring (bicyclic) bond motifs is 1. The molecule has 6 heteroatoms. The third-order valence-corrected chi connectivity index (χ3v) is 4.44. The molecule has 2 heterocycles. The molecule has 3 rings (SSSR count). The number of benzene rings is 1. The van der Waals surface area contributed by atoms with Crippen molar-refractivity contribution in [2.45, 2.75) is 19.3 Å². The number of carboxylic acids is 1. The normalized spacial score (nSPS) is 15.4. The van der Waals surface area contributed by atoms with E-state index in [1.165, 1.54) is 0 Å². The van der Waals surface area contributed by atoms with E-state index >= 15 is 0 Å². The number of piperidine rings is 1. The lowest BCUT2D eigenvalue weighted by molar-refractivity contribution is -0.143. The monoisotopic (exact) mass is 327 g/mol. The first-order valence-electron chi connectivity index (χ1n) is 8.24. The molecule has 0 unspecified atom stereocenters. The number of para-hydroxylation sites is 1. The molecule has 0 aliphatic carbocycles. The van der Waals surface area contributed by atoms with Crippen molar-refractivity contribution in [2.75, 3.05) is 19.6 Å². The number of nitrogens with zero attached hydrogens (tertiary/aromatic N) is 2. The van der Waals surface area contributed by atoms with Crippen LogP contribution in [0.4, 0.5) is 4.79 Å². The molecular formula is C18H21N3O3. The quantitative estimate of drug-likeness (QED) is 0.902. The van der Waals surface area contributed by atoms with E-state index in [0.29, 0.717) is 38.9 Å². The van der Waals surface area contributed by atoms with Gasteiger partial charge in [0, 0.05) is 37.1 Å². The highest BCUT2D eigenvalue weighted by molar-refractivity contribution is 5.78. The van der Waals surface area contributed by atoms with Crippen LogP contribution in [-0.4, -0.2) is 46.6 Å². The fourth-order valence-corrected chi connectivity index (χ4v) is 2.99. The second kappa shape index (κ2) is 7.29. The van der Waals surface area contributed by atoms with Gasteiger partial charge >= 0.3 is 12.0 Å². The molecule has 1 aromatic carbocycles. The molecule has 24 heavy (non-hydrogen) atoms. The second-order valence-electron chi connectivity index (χ2n) is 6.08. The fraction of sp³-hybridized carbons (Fsp3) is 0.389. The van der Waals surface area contributed by atoms with E-state index in [9.17, 15) is 9.59 Å². The largest absolute Gasteiger partial charge is 0.481 e. The van der Waals surface area contributed by atoms with E-state index in [2.05, 4.69) is 10.3 Å². The molecule has 0 atom stereocenters. The number of carbonyl (C=O) groups excluding carboxylic acids is 1. The summed E-state index contributed by atoms with van der Waals surface area (Å²) >= 11 is 0.